The molecular formula is C11H23NO3. The molecule has 0 saturated carbocycles. The molecule has 1 aliphatic rings. The monoisotopic (exact) mass is 217 g/mol. The van der Waals surface area contributed by atoms with Gasteiger partial charge in [0.2, 0.25) is 0 Å². The Hall–Kier alpha value is -0.610. The van der Waals surface area contributed by atoms with Crippen molar-refractivity contribution in [2.75, 3.05) is 33.4 Å². The molecule has 0 radical (unpaired) electrons. The van der Waals surface area contributed by atoms with Crippen LogP contribution in [0.15, 0.2) is 0 Å². The van der Waals surface area contributed by atoms with Crippen molar-refractivity contribution < 1.29 is 14.6 Å². The van der Waals surface area contributed by atoms with Crippen molar-refractivity contribution in [2.45, 2.75) is 32.6 Å². The highest BCUT2D eigenvalue weighted by atomic mass is 16.5. The summed E-state index contributed by atoms with van der Waals surface area (Å²) in [6.07, 6.45) is 4.40. The Morgan fingerprint density at radius 3 is 2.20 bits per heavy atom. The Kier molecular flexibility index (Phi) is 9.52. The summed E-state index contributed by atoms with van der Waals surface area (Å²) in [5, 5.41) is 7.96. The van der Waals surface area contributed by atoms with E-state index >= 15 is 0 Å². The van der Waals surface area contributed by atoms with E-state index in [0.29, 0.717) is 6.61 Å². The van der Waals surface area contributed by atoms with E-state index in [-0.39, 0.29) is 6.42 Å². The molecule has 1 rings (SSSR count). The normalized spacial score (nSPS) is 16.7. The van der Waals surface area contributed by atoms with E-state index in [0.717, 1.165) is 0 Å². The molecule has 0 unspecified atom stereocenters. The molecule has 0 aromatic carbocycles. The Balaban J connectivity index is 0.000000265. The molecule has 1 saturated heterocycles. The number of piperidine rings is 1. The smallest absolute Gasteiger partial charge is 0.305 e. The average molecular weight is 217 g/mol. The van der Waals surface area contributed by atoms with Crippen molar-refractivity contribution in [1.29, 1.82) is 0 Å². The molecule has 1 N–H and O–H groups in total. The van der Waals surface area contributed by atoms with Crippen LogP contribution in [0.1, 0.15) is 32.6 Å². The number of carboxylic acids is 1. The van der Waals surface area contributed by atoms with E-state index in [2.05, 4.69) is 16.6 Å². The Morgan fingerprint density at radius 2 is 1.93 bits per heavy atom. The molecule has 0 aromatic heterocycles. The van der Waals surface area contributed by atoms with Gasteiger partial charge in [-0.2, -0.15) is 0 Å². The first-order valence-corrected chi connectivity index (χ1v) is 5.63. The highest BCUT2D eigenvalue weighted by molar-refractivity contribution is 5.66. The Bertz CT molecular complexity index is 156. The molecule has 0 spiro atoms. The first-order chi connectivity index (χ1) is 7.20. The molecule has 0 aliphatic carbocycles. The van der Waals surface area contributed by atoms with Crippen molar-refractivity contribution >= 4 is 5.97 Å². The number of aliphatic carboxylic acids is 1. The summed E-state index contributed by atoms with van der Waals surface area (Å²) in [5.41, 5.74) is 0. The first kappa shape index (κ1) is 14.4. The van der Waals surface area contributed by atoms with Crippen molar-refractivity contribution in [3.8, 4) is 0 Å². The third-order valence-corrected chi connectivity index (χ3v) is 2.42. The quantitative estimate of drug-likeness (QED) is 0.777. The summed E-state index contributed by atoms with van der Waals surface area (Å²) in [4.78, 5) is 12.2. The molecule has 0 aromatic rings. The second-order valence-corrected chi connectivity index (χ2v) is 3.63. The molecule has 1 heterocycles. The van der Waals surface area contributed by atoms with Gasteiger partial charge < -0.3 is 14.7 Å². The Morgan fingerprint density at radius 1 is 1.33 bits per heavy atom. The molecule has 0 bridgehead atoms. The largest absolute Gasteiger partial charge is 0.481 e. The lowest BCUT2D eigenvalue weighted by molar-refractivity contribution is -0.137. The van der Waals surface area contributed by atoms with E-state index in [1.165, 1.54) is 46.0 Å². The first-order valence-electron chi connectivity index (χ1n) is 5.63. The zero-order valence-corrected chi connectivity index (χ0v) is 9.87. The predicted molar refractivity (Wildman–Crippen MR) is 60.1 cm³/mol. The van der Waals surface area contributed by atoms with Crippen LogP contribution in [0.5, 0.6) is 0 Å². The van der Waals surface area contributed by atoms with Gasteiger partial charge in [-0.1, -0.05) is 13.3 Å². The van der Waals surface area contributed by atoms with Crippen LogP contribution >= 0.6 is 0 Å². The van der Waals surface area contributed by atoms with E-state index in [1.807, 2.05) is 0 Å². The SMILES string of the molecule is CCN1CCCCC1.COCCC(=O)O. The van der Waals surface area contributed by atoms with Crippen LogP contribution in [-0.2, 0) is 9.53 Å². The predicted octanol–water partition coefficient (Wildman–Crippen LogP) is 1.60. The van der Waals surface area contributed by atoms with Crippen LogP contribution in [-0.4, -0.2) is 49.3 Å². The molecule has 0 atom stereocenters. The van der Waals surface area contributed by atoms with Gasteiger partial charge in [-0.15, -0.1) is 0 Å². The van der Waals surface area contributed by atoms with Gasteiger partial charge in [0.15, 0.2) is 0 Å². The van der Waals surface area contributed by atoms with E-state index < -0.39 is 5.97 Å². The lowest BCUT2D eigenvalue weighted by atomic mass is 10.1. The van der Waals surface area contributed by atoms with Crippen LogP contribution < -0.4 is 0 Å². The number of carbonyl (C=O) groups is 1. The van der Waals surface area contributed by atoms with Gasteiger partial charge in [0.25, 0.3) is 0 Å². The van der Waals surface area contributed by atoms with Crippen LogP contribution in [0.2, 0.25) is 0 Å². The zero-order chi connectivity index (χ0) is 11.5. The molecule has 4 heteroatoms. The molecule has 4 nitrogen and oxygen atoms in total. The van der Waals surface area contributed by atoms with E-state index in [9.17, 15) is 4.79 Å². The maximum atomic E-state index is 9.68. The van der Waals surface area contributed by atoms with Gasteiger partial charge in [0.1, 0.15) is 0 Å². The summed E-state index contributed by atoms with van der Waals surface area (Å²) in [7, 11) is 1.48. The van der Waals surface area contributed by atoms with Gasteiger partial charge in [-0.25, -0.2) is 0 Å². The van der Waals surface area contributed by atoms with Crippen molar-refractivity contribution in [2.24, 2.45) is 0 Å². The molecule has 15 heavy (non-hydrogen) atoms. The fourth-order valence-corrected chi connectivity index (χ4v) is 1.47. The number of hydrogen-bond acceptors (Lipinski definition) is 3. The second-order valence-electron chi connectivity index (χ2n) is 3.63. The average Bonchev–Trinajstić information content (AvgIpc) is 2.28. The maximum absolute atomic E-state index is 9.68. The highest BCUT2D eigenvalue weighted by Gasteiger charge is 2.05. The Labute approximate surface area is 92.2 Å². The summed E-state index contributed by atoms with van der Waals surface area (Å²) in [6.45, 7) is 6.48. The third kappa shape index (κ3) is 9.69. The summed E-state index contributed by atoms with van der Waals surface area (Å²) < 4.78 is 4.47. The van der Waals surface area contributed by atoms with Gasteiger partial charge in [-0.05, 0) is 32.5 Å². The molecule has 1 fully saturated rings. The van der Waals surface area contributed by atoms with Gasteiger partial charge in [-0.3, -0.25) is 4.79 Å². The fourth-order valence-electron chi connectivity index (χ4n) is 1.47. The molecule has 1 aliphatic heterocycles. The van der Waals surface area contributed by atoms with Crippen LogP contribution in [0, 0.1) is 0 Å². The lowest BCUT2D eigenvalue weighted by Gasteiger charge is -2.24. The minimum absolute atomic E-state index is 0.0938. The number of methoxy groups -OCH3 is 1. The number of likely N-dealkylation sites (tertiary alicyclic amines) is 1. The topological polar surface area (TPSA) is 49.8 Å². The number of ether oxygens (including phenoxy) is 1. The summed E-state index contributed by atoms with van der Waals surface area (Å²) >= 11 is 0. The van der Waals surface area contributed by atoms with E-state index in [1.54, 1.807) is 0 Å². The maximum Gasteiger partial charge on any atom is 0.305 e. The summed E-state index contributed by atoms with van der Waals surface area (Å²) in [6, 6.07) is 0. The standard InChI is InChI=1S/C7H15N.C4H8O3/c1-2-8-6-4-3-5-7-8;1-7-3-2-4(5)6/h2-7H2,1H3;2-3H2,1H3,(H,5,6). The number of rotatable bonds is 4. The fraction of sp³-hybridized carbons (Fsp3) is 0.909. The molecule has 0 amide bonds. The lowest BCUT2D eigenvalue weighted by Crippen LogP contribution is -2.29. The van der Waals surface area contributed by atoms with Gasteiger partial charge >= 0.3 is 5.97 Å². The van der Waals surface area contributed by atoms with Gasteiger partial charge in [0, 0.05) is 7.11 Å². The van der Waals surface area contributed by atoms with Crippen LogP contribution in [0.4, 0.5) is 0 Å². The van der Waals surface area contributed by atoms with Crippen molar-refractivity contribution in [1.82, 2.24) is 4.90 Å². The third-order valence-electron chi connectivity index (χ3n) is 2.42. The minimum Gasteiger partial charge on any atom is -0.481 e. The van der Waals surface area contributed by atoms with Crippen LogP contribution in [0.25, 0.3) is 0 Å². The van der Waals surface area contributed by atoms with Crippen molar-refractivity contribution in [3.05, 3.63) is 0 Å². The number of nitrogens with zero attached hydrogens (tertiary/aromatic N) is 1. The second kappa shape index (κ2) is 9.93. The summed E-state index contributed by atoms with van der Waals surface area (Å²) in [5.74, 6) is -0.818. The number of carboxylic acid groups (broad SMARTS) is 1. The molecule has 90 valence electrons. The highest BCUT2D eigenvalue weighted by Crippen LogP contribution is 2.06. The minimum atomic E-state index is -0.818. The zero-order valence-electron chi connectivity index (χ0n) is 9.87. The van der Waals surface area contributed by atoms with E-state index in [4.69, 9.17) is 5.11 Å². The molecular weight excluding hydrogens is 194 g/mol. The van der Waals surface area contributed by atoms with Gasteiger partial charge in [0.05, 0.1) is 13.0 Å². The van der Waals surface area contributed by atoms with Crippen LogP contribution in [0.3, 0.4) is 0 Å². The number of hydrogen-bond donors (Lipinski definition) is 1. The van der Waals surface area contributed by atoms with Crippen molar-refractivity contribution in [3.63, 3.8) is 0 Å².